The number of carbonyl (C=O) groups excluding carboxylic acids is 1. The van der Waals surface area contributed by atoms with Gasteiger partial charge >= 0.3 is 5.97 Å². The molecule has 3 heteroatoms. The van der Waals surface area contributed by atoms with Crippen LogP contribution < -0.4 is 4.74 Å². The first-order valence-corrected chi connectivity index (χ1v) is 4.55. The Labute approximate surface area is 83.3 Å². The Morgan fingerprint density at radius 1 is 1.38 bits per heavy atom. The number of carbonyl (C=O) groups is 1. The molecule has 1 rings (SSSR count). The molecule has 0 saturated carbocycles. The van der Waals surface area contributed by atoms with Crippen molar-refractivity contribution in [1.29, 1.82) is 0 Å². The number of esters is 1. The van der Waals surface area contributed by atoms with E-state index in [9.17, 15) is 4.79 Å². The van der Waals surface area contributed by atoms with Gasteiger partial charge < -0.3 is 4.74 Å². The summed E-state index contributed by atoms with van der Waals surface area (Å²) in [4.78, 5) is 11.9. The van der Waals surface area contributed by atoms with Gasteiger partial charge in [-0.1, -0.05) is 26.0 Å². The van der Waals surface area contributed by atoms with Crippen LogP contribution in [-0.4, -0.2) is 5.97 Å². The van der Waals surface area contributed by atoms with Crippen LogP contribution in [0.2, 0.25) is 0 Å². The summed E-state index contributed by atoms with van der Waals surface area (Å²) >= 11 is 4.16. The monoisotopic (exact) mass is 196 g/mol. The average Bonchev–Trinajstić information content (AvgIpc) is 2.08. The van der Waals surface area contributed by atoms with Crippen LogP contribution in [-0.2, 0) is 4.79 Å². The van der Waals surface area contributed by atoms with Crippen molar-refractivity contribution < 1.29 is 9.53 Å². The first-order valence-electron chi connectivity index (χ1n) is 4.11. The molecule has 0 atom stereocenters. The first kappa shape index (κ1) is 10.1. The molecule has 0 aliphatic carbocycles. The Morgan fingerprint density at radius 3 is 2.54 bits per heavy atom. The number of benzene rings is 1. The van der Waals surface area contributed by atoms with E-state index in [1.807, 2.05) is 12.1 Å². The normalized spacial score (nSPS) is 10.2. The molecule has 0 radical (unpaired) electrons. The molecule has 0 N–H and O–H groups in total. The van der Waals surface area contributed by atoms with Crippen molar-refractivity contribution in [3.8, 4) is 5.75 Å². The lowest BCUT2D eigenvalue weighted by molar-refractivity contribution is -0.137. The van der Waals surface area contributed by atoms with Gasteiger partial charge in [0.15, 0.2) is 0 Å². The molecule has 0 aliphatic rings. The summed E-state index contributed by atoms with van der Waals surface area (Å²) in [6.07, 6.45) is 0. The van der Waals surface area contributed by atoms with Gasteiger partial charge in [0.05, 0.1) is 5.92 Å². The Bertz CT molecular complexity index is 308. The summed E-state index contributed by atoms with van der Waals surface area (Å²) in [6.45, 7) is 3.59. The minimum absolute atomic E-state index is 0.118. The van der Waals surface area contributed by atoms with Gasteiger partial charge in [0, 0.05) is 4.90 Å². The molecule has 2 nitrogen and oxygen atoms in total. The van der Waals surface area contributed by atoms with Gasteiger partial charge in [0.25, 0.3) is 0 Å². The lowest BCUT2D eigenvalue weighted by atomic mass is 10.2. The second-order valence-corrected chi connectivity index (χ2v) is 3.53. The van der Waals surface area contributed by atoms with Gasteiger partial charge in [0.2, 0.25) is 0 Å². The van der Waals surface area contributed by atoms with Crippen LogP contribution in [0.4, 0.5) is 0 Å². The molecule has 0 aliphatic heterocycles. The molecule has 13 heavy (non-hydrogen) atoms. The molecular weight excluding hydrogens is 184 g/mol. The highest BCUT2D eigenvalue weighted by Gasteiger charge is 2.10. The molecule has 0 amide bonds. The molecule has 1 aromatic carbocycles. The van der Waals surface area contributed by atoms with E-state index in [1.54, 1.807) is 26.0 Å². The van der Waals surface area contributed by atoms with Gasteiger partial charge in [-0.05, 0) is 12.1 Å². The summed E-state index contributed by atoms with van der Waals surface area (Å²) in [6, 6.07) is 7.16. The highest BCUT2D eigenvalue weighted by molar-refractivity contribution is 7.80. The highest BCUT2D eigenvalue weighted by atomic mass is 32.1. The van der Waals surface area contributed by atoms with Crippen molar-refractivity contribution in [3.05, 3.63) is 24.3 Å². The molecule has 0 unspecified atom stereocenters. The van der Waals surface area contributed by atoms with Crippen molar-refractivity contribution in [1.82, 2.24) is 0 Å². The summed E-state index contributed by atoms with van der Waals surface area (Å²) in [5.41, 5.74) is 0. The molecule has 70 valence electrons. The van der Waals surface area contributed by atoms with Gasteiger partial charge in [0.1, 0.15) is 5.75 Å². The minimum atomic E-state index is -0.235. The third kappa shape index (κ3) is 2.77. The summed E-state index contributed by atoms with van der Waals surface area (Å²) < 4.78 is 5.09. The van der Waals surface area contributed by atoms with Crippen molar-refractivity contribution >= 4 is 18.6 Å². The van der Waals surface area contributed by atoms with E-state index in [4.69, 9.17) is 4.74 Å². The number of para-hydroxylation sites is 1. The number of hydrogen-bond donors (Lipinski definition) is 1. The fourth-order valence-electron chi connectivity index (χ4n) is 0.770. The standard InChI is InChI=1S/C10H12O2S/c1-7(2)10(11)12-8-5-3-4-6-9(8)13/h3-7,13H,1-2H3. The van der Waals surface area contributed by atoms with E-state index in [0.29, 0.717) is 10.6 Å². The summed E-state index contributed by atoms with van der Waals surface area (Å²) in [7, 11) is 0. The van der Waals surface area contributed by atoms with Crippen molar-refractivity contribution in [2.75, 3.05) is 0 Å². The number of ether oxygens (including phenoxy) is 1. The second-order valence-electron chi connectivity index (χ2n) is 3.04. The first-order chi connectivity index (χ1) is 6.11. The van der Waals surface area contributed by atoms with Gasteiger partial charge in [-0.3, -0.25) is 4.79 Å². The number of rotatable bonds is 2. The van der Waals surface area contributed by atoms with E-state index >= 15 is 0 Å². The fourth-order valence-corrected chi connectivity index (χ4v) is 0.976. The third-order valence-electron chi connectivity index (χ3n) is 1.55. The summed E-state index contributed by atoms with van der Waals surface area (Å²) in [5.74, 6) is 0.166. The van der Waals surface area contributed by atoms with E-state index in [0.717, 1.165) is 0 Å². The smallest absolute Gasteiger partial charge is 0.313 e. The molecule has 0 fully saturated rings. The largest absolute Gasteiger partial charge is 0.425 e. The molecule has 0 bridgehead atoms. The minimum Gasteiger partial charge on any atom is -0.425 e. The molecule has 1 aromatic rings. The third-order valence-corrected chi connectivity index (χ3v) is 1.92. The molecular formula is C10H12O2S. The van der Waals surface area contributed by atoms with E-state index < -0.39 is 0 Å². The Morgan fingerprint density at radius 2 is 2.00 bits per heavy atom. The van der Waals surface area contributed by atoms with Gasteiger partial charge in [-0.2, -0.15) is 0 Å². The van der Waals surface area contributed by atoms with Crippen LogP contribution in [0.25, 0.3) is 0 Å². The zero-order chi connectivity index (χ0) is 9.84. The van der Waals surface area contributed by atoms with Crippen LogP contribution >= 0.6 is 12.6 Å². The molecule has 0 heterocycles. The molecule has 0 saturated heterocycles. The van der Waals surface area contributed by atoms with E-state index in [-0.39, 0.29) is 11.9 Å². The van der Waals surface area contributed by atoms with Crippen LogP contribution in [0, 0.1) is 5.92 Å². The Balaban J connectivity index is 2.75. The number of hydrogen-bond acceptors (Lipinski definition) is 3. The zero-order valence-electron chi connectivity index (χ0n) is 7.65. The predicted molar refractivity (Wildman–Crippen MR) is 54.2 cm³/mol. The van der Waals surface area contributed by atoms with Crippen molar-refractivity contribution in [2.24, 2.45) is 5.92 Å². The average molecular weight is 196 g/mol. The fraction of sp³-hybridized carbons (Fsp3) is 0.300. The van der Waals surface area contributed by atoms with Crippen molar-refractivity contribution in [3.63, 3.8) is 0 Å². The summed E-state index contributed by atoms with van der Waals surface area (Å²) in [5, 5.41) is 0. The SMILES string of the molecule is CC(C)C(=O)Oc1ccccc1S. The van der Waals surface area contributed by atoms with Crippen LogP contribution in [0.15, 0.2) is 29.2 Å². The number of thiol groups is 1. The zero-order valence-corrected chi connectivity index (χ0v) is 8.54. The quantitative estimate of drug-likeness (QED) is 0.447. The maximum Gasteiger partial charge on any atom is 0.313 e. The van der Waals surface area contributed by atoms with Crippen LogP contribution in [0.1, 0.15) is 13.8 Å². The van der Waals surface area contributed by atoms with Crippen LogP contribution in [0.5, 0.6) is 5.75 Å². The predicted octanol–water partition coefficient (Wildman–Crippen LogP) is 2.54. The van der Waals surface area contributed by atoms with Gasteiger partial charge in [-0.15, -0.1) is 12.6 Å². The topological polar surface area (TPSA) is 26.3 Å². The van der Waals surface area contributed by atoms with Crippen molar-refractivity contribution in [2.45, 2.75) is 18.7 Å². The van der Waals surface area contributed by atoms with Gasteiger partial charge in [-0.25, -0.2) is 0 Å². The molecule has 0 spiro atoms. The molecule has 0 aromatic heterocycles. The Hall–Kier alpha value is -0.960. The van der Waals surface area contributed by atoms with Crippen LogP contribution in [0.3, 0.4) is 0 Å². The second kappa shape index (κ2) is 4.33. The lowest BCUT2D eigenvalue weighted by Crippen LogP contribution is -2.14. The van der Waals surface area contributed by atoms with E-state index in [2.05, 4.69) is 12.6 Å². The van der Waals surface area contributed by atoms with E-state index in [1.165, 1.54) is 0 Å². The highest BCUT2D eigenvalue weighted by Crippen LogP contribution is 2.22. The maximum absolute atomic E-state index is 11.2. The lowest BCUT2D eigenvalue weighted by Gasteiger charge is -2.07. The Kier molecular flexibility index (Phi) is 3.37. The maximum atomic E-state index is 11.2.